The van der Waals surface area contributed by atoms with Crippen molar-refractivity contribution in [3.8, 4) is 0 Å². The Morgan fingerprint density at radius 3 is 2.30 bits per heavy atom. The summed E-state index contributed by atoms with van der Waals surface area (Å²) in [5.74, 6) is 0. The van der Waals surface area contributed by atoms with Crippen molar-refractivity contribution in [3.63, 3.8) is 0 Å². The molecule has 0 aromatic heterocycles. The van der Waals surface area contributed by atoms with Crippen molar-refractivity contribution in [1.29, 1.82) is 0 Å². The molecule has 1 aliphatic heterocycles. The Kier molecular flexibility index (Phi) is 4.41. The van der Waals surface area contributed by atoms with Crippen LogP contribution in [0.1, 0.15) is 19.8 Å². The standard InChI is InChI=1S/C7H16OSi.Ti/c1-7-5-4-6-9(2,3)8-7;/h7H,4-6H2,1-3H3;. The van der Waals surface area contributed by atoms with E-state index in [-0.39, 0.29) is 21.7 Å². The van der Waals surface area contributed by atoms with Crippen LogP contribution in [0.25, 0.3) is 0 Å². The molecular weight excluding hydrogens is 176 g/mol. The van der Waals surface area contributed by atoms with Crippen molar-refractivity contribution in [3.05, 3.63) is 0 Å². The van der Waals surface area contributed by atoms with E-state index in [0.29, 0.717) is 6.10 Å². The maximum absolute atomic E-state index is 5.81. The van der Waals surface area contributed by atoms with Gasteiger partial charge in [-0.25, -0.2) is 0 Å². The second kappa shape index (κ2) is 4.05. The summed E-state index contributed by atoms with van der Waals surface area (Å²) in [7, 11) is -1.15. The van der Waals surface area contributed by atoms with Gasteiger partial charge < -0.3 is 4.43 Å². The van der Waals surface area contributed by atoms with Gasteiger partial charge in [-0.15, -0.1) is 0 Å². The molecule has 1 fully saturated rings. The molecule has 1 unspecified atom stereocenters. The molecule has 0 N–H and O–H groups in total. The first-order valence-electron chi connectivity index (χ1n) is 3.78. The van der Waals surface area contributed by atoms with Gasteiger partial charge in [0.2, 0.25) is 0 Å². The Bertz CT molecular complexity index is 106. The predicted octanol–water partition coefficient (Wildman–Crippen LogP) is 2.39. The van der Waals surface area contributed by atoms with E-state index < -0.39 is 8.32 Å². The van der Waals surface area contributed by atoms with Gasteiger partial charge in [-0.1, -0.05) is 6.42 Å². The minimum absolute atomic E-state index is 0. The molecule has 1 saturated heterocycles. The summed E-state index contributed by atoms with van der Waals surface area (Å²) in [6.07, 6.45) is 3.21. The van der Waals surface area contributed by atoms with E-state index in [0.717, 1.165) is 0 Å². The number of hydrogen-bond acceptors (Lipinski definition) is 1. The van der Waals surface area contributed by atoms with Crippen molar-refractivity contribution in [2.75, 3.05) is 0 Å². The van der Waals surface area contributed by atoms with Gasteiger partial charge >= 0.3 is 0 Å². The monoisotopic (exact) mass is 192 g/mol. The fourth-order valence-corrected chi connectivity index (χ4v) is 3.86. The Hall–Kier alpha value is 0.891. The second-order valence-corrected chi connectivity index (χ2v) is 7.84. The first-order valence-corrected chi connectivity index (χ1v) is 6.89. The van der Waals surface area contributed by atoms with Gasteiger partial charge in [0, 0.05) is 27.8 Å². The van der Waals surface area contributed by atoms with E-state index >= 15 is 0 Å². The minimum atomic E-state index is -1.15. The molecule has 10 heavy (non-hydrogen) atoms. The van der Waals surface area contributed by atoms with Crippen molar-refractivity contribution in [2.24, 2.45) is 0 Å². The summed E-state index contributed by atoms with van der Waals surface area (Å²) in [4.78, 5) is 0. The summed E-state index contributed by atoms with van der Waals surface area (Å²) in [5, 5.41) is 0. The van der Waals surface area contributed by atoms with E-state index in [1.807, 2.05) is 0 Å². The number of rotatable bonds is 0. The molecule has 0 saturated carbocycles. The van der Waals surface area contributed by atoms with E-state index in [1.54, 1.807) is 0 Å². The molecule has 58 valence electrons. The molecule has 0 aromatic carbocycles. The quantitative estimate of drug-likeness (QED) is 0.535. The zero-order chi connectivity index (χ0) is 6.91. The van der Waals surface area contributed by atoms with Crippen LogP contribution in [0.3, 0.4) is 0 Å². The molecule has 0 spiro atoms. The fraction of sp³-hybridized carbons (Fsp3) is 1.00. The molecule has 0 amide bonds. The van der Waals surface area contributed by atoms with Crippen LogP contribution in [-0.4, -0.2) is 14.4 Å². The van der Waals surface area contributed by atoms with E-state index in [2.05, 4.69) is 20.0 Å². The maximum Gasteiger partial charge on any atom is 0.187 e. The SMILES string of the molecule is CC1CCC[Si](C)(C)O1.[Ti]. The Labute approximate surface area is 79.5 Å². The average Bonchev–Trinajstić information content (AvgIpc) is 1.60. The second-order valence-electron chi connectivity index (χ2n) is 3.58. The van der Waals surface area contributed by atoms with Gasteiger partial charge in [0.05, 0.1) is 0 Å². The van der Waals surface area contributed by atoms with Crippen LogP contribution in [0.4, 0.5) is 0 Å². The van der Waals surface area contributed by atoms with Crippen LogP contribution in [-0.2, 0) is 26.1 Å². The van der Waals surface area contributed by atoms with E-state index in [4.69, 9.17) is 4.43 Å². The first kappa shape index (κ1) is 10.9. The molecule has 0 bridgehead atoms. The van der Waals surface area contributed by atoms with Gasteiger partial charge in [0.15, 0.2) is 8.32 Å². The first-order chi connectivity index (χ1) is 4.10. The van der Waals surface area contributed by atoms with Crippen LogP contribution in [0.2, 0.25) is 19.1 Å². The third-order valence-electron chi connectivity index (χ3n) is 1.91. The van der Waals surface area contributed by atoms with E-state index in [1.165, 1.54) is 18.9 Å². The van der Waals surface area contributed by atoms with Gasteiger partial charge in [-0.05, 0) is 32.5 Å². The Morgan fingerprint density at radius 2 is 2.00 bits per heavy atom. The summed E-state index contributed by atoms with van der Waals surface area (Å²) in [6.45, 7) is 6.80. The predicted molar refractivity (Wildman–Crippen MR) is 42.1 cm³/mol. The summed E-state index contributed by atoms with van der Waals surface area (Å²) in [5.41, 5.74) is 0. The summed E-state index contributed by atoms with van der Waals surface area (Å²) < 4.78 is 5.81. The smallest absolute Gasteiger partial charge is 0.187 e. The molecule has 1 heterocycles. The molecule has 0 aliphatic carbocycles. The van der Waals surface area contributed by atoms with Gasteiger partial charge in [-0.3, -0.25) is 0 Å². The van der Waals surface area contributed by atoms with Crippen molar-refractivity contribution < 1.29 is 26.1 Å². The molecule has 1 atom stereocenters. The third-order valence-corrected chi connectivity index (χ3v) is 4.51. The average molecular weight is 192 g/mol. The zero-order valence-corrected chi connectivity index (χ0v) is 9.67. The third kappa shape index (κ3) is 3.33. The van der Waals surface area contributed by atoms with Crippen molar-refractivity contribution >= 4 is 8.32 Å². The fourth-order valence-electron chi connectivity index (χ4n) is 1.48. The van der Waals surface area contributed by atoms with Gasteiger partial charge in [-0.2, -0.15) is 0 Å². The van der Waals surface area contributed by atoms with Crippen molar-refractivity contribution in [1.82, 2.24) is 0 Å². The van der Waals surface area contributed by atoms with Crippen LogP contribution in [0, 0.1) is 0 Å². The summed E-state index contributed by atoms with van der Waals surface area (Å²) >= 11 is 0. The van der Waals surface area contributed by atoms with Gasteiger partial charge in [0.1, 0.15) is 0 Å². The minimum Gasteiger partial charge on any atom is -0.415 e. The Balaban J connectivity index is 0.000000810. The maximum atomic E-state index is 5.81. The molecule has 0 aromatic rings. The molecule has 1 nitrogen and oxygen atoms in total. The Morgan fingerprint density at radius 1 is 1.40 bits per heavy atom. The van der Waals surface area contributed by atoms with Crippen LogP contribution >= 0.6 is 0 Å². The van der Waals surface area contributed by atoms with Crippen LogP contribution < -0.4 is 0 Å². The molecule has 1 rings (SSSR count). The van der Waals surface area contributed by atoms with Crippen LogP contribution in [0.5, 0.6) is 0 Å². The number of hydrogen-bond donors (Lipinski definition) is 0. The topological polar surface area (TPSA) is 9.23 Å². The normalized spacial score (nSPS) is 30.9. The zero-order valence-electron chi connectivity index (χ0n) is 7.11. The molecule has 1 aliphatic rings. The van der Waals surface area contributed by atoms with Crippen LogP contribution in [0.15, 0.2) is 0 Å². The van der Waals surface area contributed by atoms with Gasteiger partial charge in [0.25, 0.3) is 0 Å². The molecule has 0 radical (unpaired) electrons. The molecule has 3 heteroatoms. The molecular formula is C7H16OSiTi. The van der Waals surface area contributed by atoms with E-state index in [9.17, 15) is 0 Å². The summed E-state index contributed by atoms with van der Waals surface area (Å²) in [6, 6.07) is 1.36. The van der Waals surface area contributed by atoms with Crippen molar-refractivity contribution in [2.45, 2.75) is 45.0 Å². The largest absolute Gasteiger partial charge is 0.415 e.